The van der Waals surface area contributed by atoms with Crippen LogP contribution in [0.15, 0.2) is 54.6 Å². The second kappa shape index (κ2) is 8.34. The van der Waals surface area contributed by atoms with Gasteiger partial charge in [-0.3, -0.25) is 9.69 Å². The van der Waals surface area contributed by atoms with E-state index < -0.39 is 0 Å². The summed E-state index contributed by atoms with van der Waals surface area (Å²) < 4.78 is 0. The highest BCUT2D eigenvalue weighted by Crippen LogP contribution is 2.15. The van der Waals surface area contributed by atoms with E-state index in [0.717, 1.165) is 25.2 Å². The van der Waals surface area contributed by atoms with E-state index in [2.05, 4.69) is 29.3 Å². The van der Waals surface area contributed by atoms with Gasteiger partial charge in [0.1, 0.15) is 0 Å². The highest BCUT2D eigenvalue weighted by atomic mass is 16.2. The molecule has 4 nitrogen and oxygen atoms in total. The molecule has 0 heterocycles. The quantitative estimate of drug-likeness (QED) is 0.769. The molecule has 3 N–H and O–H groups in total. The van der Waals surface area contributed by atoms with E-state index in [9.17, 15) is 4.79 Å². The van der Waals surface area contributed by atoms with Gasteiger partial charge < -0.3 is 11.1 Å². The van der Waals surface area contributed by atoms with Gasteiger partial charge in [-0.1, -0.05) is 44.2 Å². The third-order valence-electron chi connectivity index (χ3n) is 3.94. The summed E-state index contributed by atoms with van der Waals surface area (Å²) in [6.07, 6.45) is 0.765. The fraction of sp³-hybridized carbons (Fsp3) is 0.316. The number of amides is 1. The molecule has 0 aliphatic rings. The lowest BCUT2D eigenvalue weighted by Crippen LogP contribution is -2.43. The standard InChI is InChI=1S/C19H25N3O/c1-3-18(19(23)21-17-12-10-16(20)11-13-17)22(4-2)14-15-8-6-5-7-9-15/h5-13,18H,3-4,14,20H2,1-2H3,(H,21,23). The first kappa shape index (κ1) is 17.0. The van der Waals surface area contributed by atoms with Gasteiger partial charge in [-0.05, 0) is 42.8 Å². The van der Waals surface area contributed by atoms with Gasteiger partial charge in [0.2, 0.25) is 5.91 Å². The van der Waals surface area contributed by atoms with E-state index >= 15 is 0 Å². The Labute approximate surface area is 138 Å². The van der Waals surface area contributed by atoms with Gasteiger partial charge in [0.15, 0.2) is 0 Å². The largest absolute Gasteiger partial charge is 0.399 e. The maximum Gasteiger partial charge on any atom is 0.241 e. The molecule has 2 aromatic rings. The van der Waals surface area contributed by atoms with Crippen molar-refractivity contribution in [3.05, 3.63) is 60.2 Å². The summed E-state index contributed by atoms with van der Waals surface area (Å²) in [6, 6.07) is 17.3. The number of nitrogen functional groups attached to an aromatic ring is 1. The molecular formula is C19H25N3O. The van der Waals surface area contributed by atoms with Crippen molar-refractivity contribution in [2.75, 3.05) is 17.6 Å². The SMILES string of the molecule is CCC(C(=O)Nc1ccc(N)cc1)N(CC)Cc1ccccc1. The normalized spacial score (nSPS) is 12.1. The van der Waals surface area contributed by atoms with Crippen LogP contribution < -0.4 is 11.1 Å². The summed E-state index contributed by atoms with van der Waals surface area (Å²) in [6.45, 7) is 5.72. The molecule has 0 saturated carbocycles. The average Bonchev–Trinajstić information content (AvgIpc) is 2.57. The first-order chi connectivity index (χ1) is 11.1. The summed E-state index contributed by atoms with van der Waals surface area (Å²) in [5.41, 5.74) is 8.36. The van der Waals surface area contributed by atoms with Gasteiger partial charge in [-0.25, -0.2) is 0 Å². The number of hydrogen-bond donors (Lipinski definition) is 2. The van der Waals surface area contributed by atoms with Crippen molar-refractivity contribution in [2.24, 2.45) is 0 Å². The lowest BCUT2D eigenvalue weighted by atomic mass is 10.1. The predicted molar refractivity (Wildman–Crippen MR) is 96.1 cm³/mol. The topological polar surface area (TPSA) is 58.4 Å². The van der Waals surface area contributed by atoms with E-state index in [-0.39, 0.29) is 11.9 Å². The Morgan fingerprint density at radius 2 is 1.74 bits per heavy atom. The molecule has 0 aliphatic carbocycles. The molecule has 2 aromatic carbocycles. The minimum Gasteiger partial charge on any atom is -0.399 e. The Hall–Kier alpha value is -2.33. The lowest BCUT2D eigenvalue weighted by Gasteiger charge is -2.29. The first-order valence-corrected chi connectivity index (χ1v) is 8.08. The monoisotopic (exact) mass is 311 g/mol. The molecule has 1 unspecified atom stereocenters. The number of rotatable bonds is 7. The number of hydrogen-bond acceptors (Lipinski definition) is 3. The fourth-order valence-corrected chi connectivity index (χ4v) is 2.66. The highest BCUT2D eigenvalue weighted by Gasteiger charge is 2.23. The lowest BCUT2D eigenvalue weighted by molar-refractivity contribution is -0.121. The van der Waals surface area contributed by atoms with Crippen LogP contribution >= 0.6 is 0 Å². The van der Waals surface area contributed by atoms with Gasteiger partial charge in [0.25, 0.3) is 0 Å². The van der Waals surface area contributed by atoms with Gasteiger partial charge in [-0.15, -0.1) is 0 Å². The molecule has 0 aromatic heterocycles. The summed E-state index contributed by atoms with van der Waals surface area (Å²) in [5, 5.41) is 2.98. The third-order valence-corrected chi connectivity index (χ3v) is 3.94. The molecule has 0 bridgehead atoms. The Balaban J connectivity index is 2.06. The summed E-state index contributed by atoms with van der Waals surface area (Å²) in [7, 11) is 0. The number of anilines is 2. The molecule has 0 saturated heterocycles. The van der Waals surface area contributed by atoms with Crippen LogP contribution in [0.1, 0.15) is 25.8 Å². The van der Waals surface area contributed by atoms with Crippen molar-refractivity contribution in [3.8, 4) is 0 Å². The molecule has 122 valence electrons. The first-order valence-electron chi connectivity index (χ1n) is 8.08. The molecule has 4 heteroatoms. The zero-order valence-corrected chi connectivity index (χ0v) is 13.8. The Kier molecular flexibility index (Phi) is 6.18. The second-order valence-electron chi connectivity index (χ2n) is 5.58. The summed E-state index contributed by atoms with van der Waals surface area (Å²) in [5.74, 6) is 0.0232. The molecule has 2 rings (SSSR count). The number of likely N-dealkylation sites (N-methyl/N-ethyl adjacent to an activating group) is 1. The van der Waals surface area contributed by atoms with Crippen LogP contribution in [0.3, 0.4) is 0 Å². The molecular weight excluding hydrogens is 286 g/mol. The van der Waals surface area contributed by atoms with Crippen LogP contribution in [0.25, 0.3) is 0 Å². The van der Waals surface area contributed by atoms with Gasteiger partial charge in [0.05, 0.1) is 6.04 Å². The van der Waals surface area contributed by atoms with E-state index in [0.29, 0.717) is 5.69 Å². The zero-order valence-electron chi connectivity index (χ0n) is 13.8. The van der Waals surface area contributed by atoms with Crippen LogP contribution in [0.2, 0.25) is 0 Å². The van der Waals surface area contributed by atoms with Gasteiger partial charge in [0, 0.05) is 17.9 Å². The maximum absolute atomic E-state index is 12.6. The third kappa shape index (κ3) is 4.83. The van der Waals surface area contributed by atoms with E-state index in [1.807, 2.05) is 37.3 Å². The van der Waals surface area contributed by atoms with Crippen LogP contribution in [0.5, 0.6) is 0 Å². The van der Waals surface area contributed by atoms with Crippen LogP contribution in [0, 0.1) is 0 Å². The molecule has 23 heavy (non-hydrogen) atoms. The summed E-state index contributed by atoms with van der Waals surface area (Å²) in [4.78, 5) is 14.8. The smallest absolute Gasteiger partial charge is 0.241 e. The van der Waals surface area contributed by atoms with Crippen molar-refractivity contribution < 1.29 is 4.79 Å². The predicted octanol–water partition coefficient (Wildman–Crippen LogP) is 3.51. The van der Waals surface area contributed by atoms with Crippen LogP contribution in [-0.4, -0.2) is 23.4 Å². The molecule has 1 amide bonds. The molecule has 0 fully saturated rings. The van der Waals surface area contributed by atoms with Crippen molar-refractivity contribution in [3.63, 3.8) is 0 Å². The van der Waals surface area contributed by atoms with Crippen molar-refractivity contribution in [2.45, 2.75) is 32.9 Å². The minimum absolute atomic E-state index is 0.0232. The van der Waals surface area contributed by atoms with Gasteiger partial charge >= 0.3 is 0 Å². The Morgan fingerprint density at radius 3 is 2.30 bits per heavy atom. The Bertz CT molecular complexity index is 610. The molecule has 0 spiro atoms. The van der Waals surface area contributed by atoms with Crippen molar-refractivity contribution in [1.82, 2.24) is 4.90 Å². The number of nitrogens with two attached hydrogens (primary N) is 1. The number of nitrogens with zero attached hydrogens (tertiary/aromatic N) is 1. The number of benzene rings is 2. The van der Waals surface area contributed by atoms with Crippen molar-refractivity contribution in [1.29, 1.82) is 0 Å². The maximum atomic E-state index is 12.6. The average molecular weight is 311 g/mol. The summed E-state index contributed by atoms with van der Waals surface area (Å²) >= 11 is 0. The molecule has 0 aliphatic heterocycles. The van der Waals surface area contributed by atoms with E-state index in [1.165, 1.54) is 5.56 Å². The number of carbonyl (C=O) groups is 1. The zero-order chi connectivity index (χ0) is 16.7. The molecule has 0 radical (unpaired) electrons. The van der Waals surface area contributed by atoms with E-state index in [4.69, 9.17) is 5.73 Å². The van der Waals surface area contributed by atoms with E-state index in [1.54, 1.807) is 12.1 Å². The van der Waals surface area contributed by atoms with Crippen molar-refractivity contribution >= 4 is 17.3 Å². The van der Waals surface area contributed by atoms with Crippen LogP contribution in [0.4, 0.5) is 11.4 Å². The van der Waals surface area contributed by atoms with Crippen LogP contribution in [-0.2, 0) is 11.3 Å². The highest BCUT2D eigenvalue weighted by molar-refractivity contribution is 5.94. The molecule has 1 atom stereocenters. The number of carbonyl (C=O) groups excluding carboxylic acids is 1. The minimum atomic E-state index is -0.155. The van der Waals surface area contributed by atoms with Gasteiger partial charge in [-0.2, -0.15) is 0 Å². The second-order valence-corrected chi connectivity index (χ2v) is 5.58. The number of nitrogens with one attached hydrogen (secondary N) is 1. The fourth-order valence-electron chi connectivity index (χ4n) is 2.66. The Morgan fingerprint density at radius 1 is 1.09 bits per heavy atom.